The van der Waals surface area contributed by atoms with Crippen molar-refractivity contribution in [2.24, 2.45) is 0 Å². The fraction of sp³-hybridized carbons (Fsp3) is 0.304. The van der Waals surface area contributed by atoms with Gasteiger partial charge in [-0.25, -0.2) is 0 Å². The number of amides is 2. The summed E-state index contributed by atoms with van der Waals surface area (Å²) >= 11 is 0. The standard InChI is InChI=1S/C23H24N4O4/c1-15-24-21(27-31-15)14-30-20-12-8-17(9-13-20)23(29)26-19-10-6-16(7-11-19)22(28)25-18-4-2-3-5-18/h6-13,18H,2-5,14H2,1H3,(H,25,28)(H,26,29). The Kier molecular flexibility index (Phi) is 6.26. The molecule has 0 spiro atoms. The van der Waals surface area contributed by atoms with Gasteiger partial charge < -0.3 is 19.9 Å². The van der Waals surface area contributed by atoms with Crippen molar-refractivity contribution in [1.29, 1.82) is 0 Å². The number of anilines is 1. The average molecular weight is 420 g/mol. The molecule has 0 aliphatic heterocycles. The summed E-state index contributed by atoms with van der Waals surface area (Å²) in [4.78, 5) is 28.9. The summed E-state index contributed by atoms with van der Waals surface area (Å²) in [6.07, 6.45) is 4.42. The topological polar surface area (TPSA) is 106 Å². The van der Waals surface area contributed by atoms with Crippen LogP contribution in [-0.4, -0.2) is 28.0 Å². The van der Waals surface area contributed by atoms with Crippen molar-refractivity contribution in [3.8, 4) is 5.75 Å². The highest BCUT2D eigenvalue weighted by Gasteiger charge is 2.18. The van der Waals surface area contributed by atoms with Gasteiger partial charge in [0.15, 0.2) is 6.61 Å². The molecule has 1 aromatic heterocycles. The molecule has 0 unspecified atom stereocenters. The number of nitrogens with one attached hydrogen (secondary N) is 2. The van der Waals surface area contributed by atoms with Gasteiger partial charge >= 0.3 is 0 Å². The SMILES string of the molecule is Cc1nc(COc2ccc(C(=O)Nc3ccc(C(=O)NC4CCCC4)cc3)cc2)no1. The fourth-order valence-corrected chi connectivity index (χ4v) is 3.50. The van der Waals surface area contributed by atoms with Crippen molar-refractivity contribution in [3.05, 3.63) is 71.4 Å². The third-order valence-corrected chi connectivity index (χ3v) is 5.15. The lowest BCUT2D eigenvalue weighted by Gasteiger charge is -2.12. The number of carbonyl (C=O) groups excluding carboxylic acids is 2. The van der Waals surface area contributed by atoms with Crippen LogP contribution in [0.2, 0.25) is 0 Å². The number of aryl methyl sites for hydroxylation is 1. The Morgan fingerprint density at radius 3 is 2.29 bits per heavy atom. The lowest BCUT2D eigenvalue weighted by atomic mass is 10.1. The number of hydrogen-bond donors (Lipinski definition) is 2. The van der Waals surface area contributed by atoms with E-state index >= 15 is 0 Å². The van der Waals surface area contributed by atoms with Crippen LogP contribution in [0.1, 0.15) is 58.1 Å². The van der Waals surface area contributed by atoms with Crippen LogP contribution in [0.4, 0.5) is 5.69 Å². The lowest BCUT2D eigenvalue weighted by Crippen LogP contribution is -2.32. The first-order valence-electron chi connectivity index (χ1n) is 10.3. The predicted molar refractivity (Wildman–Crippen MR) is 114 cm³/mol. The van der Waals surface area contributed by atoms with Crippen LogP contribution in [-0.2, 0) is 6.61 Å². The monoisotopic (exact) mass is 420 g/mol. The number of benzene rings is 2. The first kappa shape index (κ1) is 20.6. The number of carbonyl (C=O) groups is 2. The molecule has 0 saturated heterocycles. The van der Waals surface area contributed by atoms with Crippen LogP contribution in [0, 0.1) is 6.92 Å². The summed E-state index contributed by atoms with van der Waals surface area (Å²) in [5.41, 5.74) is 1.70. The second-order valence-corrected chi connectivity index (χ2v) is 7.53. The summed E-state index contributed by atoms with van der Waals surface area (Å²) in [7, 11) is 0. The van der Waals surface area contributed by atoms with Gasteiger partial charge in [-0.05, 0) is 61.4 Å². The van der Waals surface area contributed by atoms with E-state index < -0.39 is 0 Å². The van der Waals surface area contributed by atoms with Gasteiger partial charge in [0.05, 0.1) is 0 Å². The van der Waals surface area contributed by atoms with Crippen LogP contribution in [0.3, 0.4) is 0 Å². The van der Waals surface area contributed by atoms with E-state index in [2.05, 4.69) is 20.8 Å². The smallest absolute Gasteiger partial charge is 0.255 e. The highest BCUT2D eigenvalue weighted by molar-refractivity contribution is 6.04. The molecule has 8 heteroatoms. The number of nitrogens with zero attached hydrogens (tertiary/aromatic N) is 2. The van der Waals surface area contributed by atoms with Gasteiger partial charge in [0.25, 0.3) is 11.8 Å². The van der Waals surface area contributed by atoms with Crippen molar-refractivity contribution >= 4 is 17.5 Å². The van der Waals surface area contributed by atoms with E-state index in [4.69, 9.17) is 9.26 Å². The molecule has 0 radical (unpaired) electrons. The molecule has 8 nitrogen and oxygen atoms in total. The van der Waals surface area contributed by atoms with Crippen molar-refractivity contribution in [2.45, 2.75) is 45.3 Å². The Morgan fingerprint density at radius 1 is 1.00 bits per heavy atom. The lowest BCUT2D eigenvalue weighted by molar-refractivity contribution is 0.0937. The summed E-state index contributed by atoms with van der Waals surface area (Å²) < 4.78 is 10.5. The Hall–Kier alpha value is -3.68. The van der Waals surface area contributed by atoms with Gasteiger partial charge in [0.1, 0.15) is 5.75 Å². The van der Waals surface area contributed by atoms with Gasteiger partial charge in [-0.2, -0.15) is 4.98 Å². The van der Waals surface area contributed by atoms with E-state index in [1.54, 1.807) is 55.5 Å². The normalized spacial score (nSPS) is 13.7. The van der Waals surface area contributed by atoms with E-state index in [1.807, 2.05) is 0 Å². The minimum Gasteiger partial charge on any atom is -0.485 e. The zero-order chi connectivity index (χ0) is 21.6. The van der Waals surface area contributed by atoms with E-state index in [0.29, 0.717) is 34.3 Å². The maximum atomic E-state index is 12.5. The Morgan fingerprint density at radius 2 is 1.65 bits per heavy atom. The molecule has 2 N–H and O–H groups in total. The minimum absolute atomic E-state index is 0.0728. The van der Waals surface area contributed by atoms with Crippen molar-refractivity contribution in [1.82, 2.24) is 15.5 Å². The van der Waals surface area contributed by atoms with E-state index in [1.165, 1.54) is 12.8 Å². The Bertz CT molecular complexity index is 1040. The molecule has 0 bridgehead atoms. The molecule has 1 saturated carbocycles. The summed E-state index contributed by atoms with van der Waals surface area (Å²) in [6.45, 7) is 1.90. The van der Waals surface area contributed by atoms with Crippen LogP contribution >= 0.6 is 0 Å². The molecule has 1 fully saturated rings. The zero-order valence-corrected chi connectivity index (χ0v) is 17.3. The summed E-state index contributed by atoms with van der Waals surface area (Å²) in [5.74, 6) is 1.21. The molecule has 4 rings (SSSR count). The van der Waals surface area contributed by atoms with Crippen molar-refractivity contribution in [3.63, 3.8) is 0 Å². The Balaban J connectivity index is 1.29. The average Bonchev–Trinajstić information content (AvgIpc) is 3.44. The molecule has 31 heavy (non-hydrogen) atoms. The number of hydrogen-bond acceptors (Lipinski definition) is 6. The first-order chi connectivity index (χ1) is 15.1. The number of ether oxygens (including phenoxy) is 1. The third kappa shape index (κ3) is 5.48. The van der Waals surface area contributed by atoms with Crippen molar-refractivity contribution < 1.29 is 18.8 Å². The molecule has 2 aromatic carbocycles. The highest BCUT2D eigenvalue weighted by Crippen LogP contribution is 2.19. The quantitative estimate of drug-likeness (QED) is 0.601. The van der Waals surface area contributed by atoms with E-state index in [-0.39, 0.29) is 24.5 Å². The molecule has 0 atom stereocenters. The van der Waals surface area contributed by atoms with Gasteiger partial charge in [0.2, 0.25) is 11.7 Å². The summed E-state index contributed by atoms with van der Waals surface area (Å²) in [6, 6.07) is 13.9. The van der Waals surface area contributed by atoms with Crippen LogP contribution in [0.5, 0.6) is 5.75 Å². The van der Waals surface area contributed by atoms with Gasteiger partial charge in [-0.3, -0.25) is 9.59 Å². The van der Waals surface area contributed by atoms with Gasteiger partial charge in [0, 0.05) is 29.8 Å². The van der Waals surface area contributed by atoms with Crippen LogP contribution in [0.15, 0.2) is 53.1 Å². The Labute approximate surface area is 180 Å². The molecule has 1 aliphatic carbocycles. The third-order valence-electron chi connectivity index (χ3n) is 5.15. The largest absolute Gasteiger partial charge is 0.485 e. The van der Waals surface area contributed by atoms with Crippen LogP contribution in [0.25, 0.3) is 0 Å². The maximum Gasteiger partial charge on any atom is 0.255 e. The van der Waals surface area contributed by atoms with Gasteiger partial charge in [-0.1, -0.05) is 18.0 Å². The predicted octanol–water partition coefficient (Wildman–Crippen LogP) is 3.88. The zero-order valence-electron chi connectivity index (χ0n) is 17.3. The molecular formula is C23H24N4O4. The summed E-state index contributed by atoms with van der Waals surface area (Å²) in [5, 5.41) is 9.66. The van der Waals surface area contributed by atoms with Crippen molar-refractivity contribution in [2.75, 3.05) is 5.32 Å². The highest BCUT2D eigenvalue weighted by atomic mass is 16.5. The molecule has 3 aromatic rings. The van der Waals surface area contributed by atoms with Gasteiger partial charge in [-0.15, -0.1) is 0 Å². The minimum atomic E-state index is -0.247. The number of aromatic nitrogens is 2. The molecule has 160 valence electrons. The van der Waals surface area contributed by atoms with Crippen LogP contribution < -0.4 is 15.4 Å². The van der Waals surface area contributed by atoms with E-state index in [9.17, 15) is 9.59 Å². The second-order valence-electron chi connectivity index (χ2n) is 7.53. The fourth-order valence-electron chi connectivity index (χ4n) is 3.50. The molecular weight excluding hydrogens is 396 g/mol. The first-order valence-corrected chi connectivity index (χ1v) is 10.3. The van der Waals surface area contributed by atoms with E-state index in [0.717, 1.165) is 12.8 Å². The molecule has 2 amide bonds. The maximum absolute atomic E-state index is 12.5. The molecule has 1 aliphatic rings. The number of rotatable bonds is 7. The molecule has 1 heterocycles. The second kappa shape index (κ2) is 9.42.